The first-order chi connectivity index (χ1) is 11.2. The second-order valence-corrected chi connectivity index (χ2v) is 9.50. The van der Waals surface area contributed by atoms with Gasteiger partial charge in [0.25, 0.3) is 0 Å². The lowest BCUT2D eigenvalue weighted by atomic mass is 10.2. The second kappa shape index (κ2) is 7.54. The summed E-state index contributed by atoms with van der Waals surface area (Å²) in [6, 6.07) is 5.45. The predicted molar refractivity (Wildman–Crippen MR) is 96.6 cm³/mol. The van der Waals surface area contributed by atoms with Crippen LogP contribution in [0.4, 0.5) is 5.69 Å². The van der Waals surface area contributed by atoms with Crippen molar-refractivity contribution in [2.24, 2.45) is 0 Å². The summed E-state index contributed by atoms with van der Waals surface area (Å²) in [4.78, 5) is 12.0. The second-order valence-electron chi connectivity index (χ2n) is 6.45. The third-order valence-corrected chi connectivity index (χ3v) is 6.23. The van der Waals surface area contributed by atoms with Crippen LogP contribution >= 0.6 is 11.7 Å². The topological polar surface area (TPSA) is 101 Å². The van der Waals surface area contributed by atoms with Crippen LogP contribution in [0.2, 0.25) is 0 Å². The number of amides is 1. The van der Waals surface area contributed by atoms with E-state index in [4.69, 9.17) is 0 Å². The van der Waals surface area contributed by atoms with Gasteiger partial charge in [-0.25, -0.2) is 13.1 Å². The van der Waals surface area contributed by atoms with Gasteiger partial charge in [0.2, 0.25) is 15.9 Å². The maximum atomic E-state index is 12.0. The van der Waals surface area contributed by atoms with Gasteiger partial charge in [-0.05, 0) is 45.7 Å². The summed E-state index contributed by atoms with van der Waals surface area (Å²) in [6.07, 6.45) is 1.53. The lowest BCUT2D eigenvalue weighted by Crippen LogP contribution is -2.39. The van der Waals surface area contributed by atoms with Gasteiger partial charge in [-0.3, -0.25) is 4.79 Å². The van der Waals surface area contributed by atoms with Crippen molar-refractivity contribution in [1.29, 1.82) is 0 Å². The van der Waals surface area contributed by atoms with E-state index >= 15 is 0 Å². The fraction of sp³-hybridized carbons (Fsp3) is 0.533. The van der Waals surface area contributed by atoms with Gasteiger partial charge in [0.15, 0.2) is 0 Å². The fourth-order valence-electron chi connectivity index (χ4n) is 1.95. The highest BCUT2D eigenvalue weighted by Gasteiger charge is 2.27. The Kier molecular flexibility index (Phi) is 5.89. The molecule has 9 heteroatoms. The lowest BCUT2D eigenvalue weighted by molar-refractivity contribution is -0.116. The summed E-state index contributed by atoms with van der Waals surface area (Å²) in [5, 5.41) is 2.83. The number of carbonyl (C=O) groups is 1. The van der Waals surface area contributed by atoms with Crippen molar-refractivity contribution < 1.29 is 13.2 Å². The number of hydrogen-bond acceptors (Lipinski definition) is 6. The van der Waals surface area contributed by atoms with Gasteiger partial charge in [-0.1, -0.05) is 6.07 Å². The van der Waals surface area contributed by atoms with Crippen LogP contribution in [0.3, 0.4) is 0 Å². The van der Waals surface area contributed by atoms with E-state index in [1.54, 1.807) is 26.8 Å². The number of benzene rings is 1. The standard InChI is InChI=1S/C15H22N4O3S2/c1-15(2,3)24(21,22)16-10-5-4-9-13(20)17-11-7-6-8-12-14(11)19-23-18-12/h6-8,16H,4-5,9-10H2,1-3H3,(H,17,20). The molecule has 1 heterocycles. The Morgan fingerprint density at radius 2 is 1.96 bits per heavy atom. The fourth-order valence-corrected chi connectivity index (χ4v) is 3.35. The Hall–Kier alpha value is -1.58. The molecule has 0 saturated carbocycles. The molecular weight excluding hydrogens is 348 g/mol. The molecular formula is C15H22N4O3S2. The minimum Gasteiger partial charge on any atom is -0.324 e. The molecule has 0 unspecified atom stereocenters. The number of rotatable bonds is 7. The Balaban J connectivity index is 1.76. The van der Waals surface area contributed by atoms with Gasteiger partial charge < -0.3 is 5.32 Å². The number of unbranched alkanes of at least 4 members (excludes halogenated alkanes) is 1. The van der Waals surface area contributed by atoms with E-state index in [1.165, 1.54) is 0 Å². The van der Waals surface area contributed by atoms with Crippen LogP contribution in [0.25, 0.3) is 11.0 Å². The van der Waals surface area contributed by atoms with Crippen LogP contribution in [0.5, 0.6) is 0 Å². The van der Waals surface area contributed by atoms with E-state index in [0.717, 1.165) is 17.2 Å². The van der Waals surface area contributed by atoms with Gasteiger partial charge in [-0.15, -0.1) is 0 Å². The zero-order valence-corrected chi connectivity index (χ0v) is 15.6. The van der Waals surface area contributed by atoms with E-state index in [-0.39, 0.29) is 5.91 Å². The first-order valence-corrected chi connectivity index (χ1v) is 9.92. The number of anilines is 1. The van der Waals surface area contributed by atoms with Gasteiger partial charge in [-0.2, -0.15) is 8.75 Å². The zero-order chi connectivity index (χ0) is 17.8. The van der Waals surface area contributed by atoms with E-state index in [9.17, 15) is 13.2 Å². The average molecular weight is 370 g/mol. The van der Waals surface area contributed by atoms with Crippen LogP contribution in [0, 0.1) is 0 Å². The molecule has 1 amide bonds. The molecule has 2 rings (SSSR count). The molecule has 0 fully saturated rings. The zero-order valence-electron chi connectivity index (χ0n) is 14.0. The van der Waals surface area contributed by atoms with Crippen LogP contribution in [-0.4, -0.2) is 34.4 Å². The first kappa shape index (κ1) is 18.8. The third kappa shape index (κ3) is 4.71. The summed E-state index contributed by atoms with van der Waals surface area (Å²) in [5.74, 6) is -0.117. The molecule has 24 heavy (non-hydrogen) atoms. The highest BCUT2D eigenvalue weighted by molar-refractivity contribution is 7.90. The van der Waals surface area contributed by atoms with E-state index in [1.807, 2.05) is 12.1 Å². The van der Waals surface area contributed by atoms with Gasteiger partial charge in [0, 0.05) is 13.0 Å². The number of sulfonamides is 1. The Bertz CT molecular complexity index is 809. The molecule has 1 aromatic heterocycles. The summed E-state index contributed by atoms with van der Waals surface area (Å²) in [6.45, 7) is 5.28. The average Bonchev–Trinajstić information content (AvgIpc) is 2.95. The normalized spacial score (nSPS) is 12.5. The van der Waals surface area contributed by atoms with E-state index in [2.05, 4.69) is 18.8 Å². The SMILES string of the molecule is CC(C)(C)S(=O)(=O)NCCCCC(=O)Nc1cccc2nsnc12. The number of nitrogens with zero attached hydrogens (tertiary/aromatic N) is 2. The van der Waals surface area contributed by atoms with Crippen molar-refractivity contribution in [3.05, 3.63) is 18.2 Å². The molecule has 0 aliphatic rings. The van der Waals surface area contributed by atoms with Crippen molar-refractivity contribution in [3.63, 3.8) is 0 Å². The predicted octanol–water partition coefficient (Wildman–Crippen LogP) is 2.52. The summed E-state index contributed by atoms with van der Waals surface area (Å²) >= 11 is 1.11. The molecule has 2 aromatic rings. The quantitative estimate of drug-likeness (QED) is 0.729. The molecule has 0 bridgehead atoms. The van der Waals surface area contributed by atoms with Crippen molar-refractivity contribution in [2.75, 3.05) is 11.9 Å². The van der Waals surface area contributed by atoms with Gasteiger partial charge in [0.05, 0.1) is 22.2 Å². The lowest BCUT2D eigenvalue weighted by Gasteiger charge is -2.19. The number of nitrogens with one attached hydrogen (secondary N) is 2. The van der Waals surface area contributed by atoms with Crippen LogP contribution in [0.15, 0.2) is 18.2 Å². The Morgan fingerprint density at radius 1 is 1.21 bits per heavy atom. The van der Waals surface area contributed by atoms with Gasteiger partial charge >= 0.3 is 0 Å². The highest BCUT2D eigenvalue weighted by Crippen LogP contribution is 2.21. The first-order valence-electron chi connectivity index (χ1n) is 7.71. The summed E-state index contributed by atoms with van der Waals surface area (Å²) < 4.78 is 33.8. The Labute approximate surface area is 146 Å². The highest BCUT2D eigenvalue weighted by atomic mass is 32.2. The molecule has 0 saturated heterocycles. The molecule has 1 aromatic carbocycles. The number of hydrogen-bond donors (Lipinski definition) is 2. The van der Waals surface area contributed by atoms with Crippen molar-refractivity contribution in [2.45, 2.75) is 44.8 Å². The monoisotopic (exact) mass is 370 g/mol. The molecule has 7 nitrogen and oxygen atoms in total. The van der Waals surface area contributed by atoms with Crippen molar-refractivity contribution in [1.82, 2.24) is 13.5 Å². The molecule has 132 valence electrons. The van der Waals surface area contributed by atoms with Crippen molar-refractivity contribution in [3.8, 4) is 0 Å². The van der Waals surface area contributed by atoms with Crippen LogP contribution in [-0.2, 0) is 14.8 Å². The summed E-state index contributed by atoms with van der Waals surface area (Å²) in [7, 11) is -3.33. The Morgan fingerprint density at radius 3 is 2.67 bits per heavy atom. The van der Waals surface area contributed by atoms with Crippen molar-refractivity contribution >= 4 is 44.4 Å². The summed E-state index contributed by atoms with van der Waals surface area (Å²) in [5.41, 5.74) is 2.10. The van der Waals surface area contributed by atoms with E-state index < -0.39 is 14.8 Å². The molecule has 0 aliphatic carbocycles. The minimum atomic E-state index is -3.33. The maximum absolute atomic E-state index is 12.0. The molecule has 2 N–H and O–H groups in total. The molecule has 0 radical (unpaired) electrons. The number of fused-ring (bicyclic) bond motifs is 1. The minimum absolute atomic E-state index is 0.117. The molecule has 0 aliphatic heterocycles. The van der Waals surface area contributed by atoms with Crippen LogP contribution in [0.1, 0.15) is 40.0 Å². The smallest absolute Gasteiger partial charge is 0.224 e. The number of aromatic nitrogens is 2. The number of carbonyl (C=O) groups excluding carboxylic acids is 1. The van der Waals surface area contributed by atoms with E-state index in [0.29, 0.717) is 37.0 Å². The van der Waals surface area contributed by atoms with Crippen LogP contribution < -0.4 is 10.0 Å². The molecule has 0 atom stereocenters. The maximum Gasteiger partial charge on any atom is 0.224 e. The largest absolute Gasteiger partial charge is 0.324 e. The third-order valence-electron chi connectivity index (χ3n) is 3.49. The molecule has 0 spiro atoms. The van der Waals surface area contributed by atoms with Gasteiger partial charge in [0.1, 0.15) is 11.0 Å².